The van der Waals surface area contributed by atoms with E-state index >= 15 is 0 Å². The largest absolute Gasteiger partial charge is 0.462 e. The molecule has 0 atom stereocenters. The average Bonchev–Trinajstić information content (AvgIpc) is 3.20. The molecule has 0 bridgehead atoms. The summed E-state index contributed by atoms with van der Waals surface area (Å²) in [6, 6.07) is 11.7. The second-order valence-electron chi connectivity index (χ2n) is 6.78. The van der Waals surface area contributed by atoms with E-state index in [-0.39, 0.29) is 5.91 Å². The second-order valence-corrected chi connectivity index (χ2v) is 8.90. The minimum Gasteiger partial charge on any atom is -0.462 e. The number of rotatable bonds is 4. The van der Waals surface area contributed by atoms with Crippen molar-refractivity contribution >= 4 is 57.6 Å². The molecular formula is C20H20ClN3O2S2. The van der Waals surface area contributed by atoms with Gasteiger partial charge in [0, 0.05) is 43.0 Å². The number of carbonyl (C=O) groups is 1. The molecule has 28 heavy (non-hydrogen) atoms. The number of nitrogens with zero attached hydrogens (tertiary/aromatic N) is 3. The molecule has 4 rings (SSSR count). The summed E-state index contributed by atoms with van der Waals surface area (Å²) < 4.78 is 6.14. The van der Waals surface area contributed by atoms with Crippen LogP contribution in [0.4, 0.5) is 5.69 Å². The fraction of sp³-hybridized carbons (Fsp3) is 0.300. The van der Waals surface area contributed by atoms with Crippen LogP contribution in [0.15, 0.2) is 45.7 Å². The van der Waals surface area contributed by atoms with Gasteiger partial charge in [-0.15, -0.1) is 0 Å². The van der Waals surface area contributed by atoms with Gasteiger partial charge in [-0.3, -0.25) is 14.6 Å². The molecule has 0 N–H and O–H groups in total. The number of halogens is 1. The first kappa shape index (κ1) is 19.5. The second kappa shape index (κ2) is 8.29. The van der Waals surface area contributed by atoms with E-state index in [9.17, 15) is 4.79 Å². The molecule has 2 fully saturated rings. The van der Waals surface area contributed by atoms with Gasteiger partial charge < -0.3 is 9.32 Å². The van der Waals surface area contributed by atoms with Gasteiger partial charge in [0.15, 0.2) is 0 Å². The molecule has 2 saturated heterocycles. The SMILES string of the molecule is Cc1ccc(/C=C2/SC(=S)N(CN3CCN(c4cccc(Cl)c4)CC3)C2=O)o1. The first-order chi connectivity index (χ1) is 13.5. The number of piperazine rings is 1. The topological polar surface area (TPSA) is 39.9 Å². The summed E-state index contributed by atoms with van der Waals surface area (Å²) >= 11 is 12.9. The minimum absolute atomic E-state index is 0.0543. The third-order valence-corrected chi connectivity index (χ3v) is 6.41. The summed E-state index contributed by atoms with van der Waals surface area (Å²) in [5.41, 5.74) is 1.13. The number of anilines is 1. The monoisotopic (exact) mass is 433 g/mol. The van der Waals surface area contributed by atoms with Gasteiger partial charge in [0.05, 0.1) is 11.6 Å². The van der Waals surface area contributed by atoms with Crippen molar-refractivity contribution in [3.8, 4) is 0 Å². The van der Waals surface area contributed by atoms with Crippen molar-refractivity contribution in [2.75, 3.05) is 37.7 Å². The van der Waals surface area contributed by atoms with E-state index in [0.717, 1.165) is 42.6 Å². The summed E-state index contributed by atoms with van der Waals surface area (Å²) in [6.45, 7) is 5.89. The van der Waals surface area contributed by atoms with E-state index < -0.39 is 0 Å². The Hall–Kier alpha value is -1.80. The van der Waals surface area contributed by atoms with Crippen LogP contribution < -0.4 is 4.90 Å². The van der Waals surface area contributed by atoms with E-state index in [1.54, 1.807) is 11.0 Å². The Bertz CT molecular complexity index is 935. The van der Waals surface area contributed by atoms with Gasteiger partial charge in [0.1, 0.15) is 15.8 Å². The van der Waals surface area contributed by atoms with Crippen molar-refractivity contribution < 1.29 is 9.21 Å². The van der Waals surface area contributed by atoms with Crippen molar-refractivity contribution in [1.82, 2.24) is 9.80 Å². The summed E-state index contributed by atoms with van der Waals surface area (Å²) in [7, 11) is 0. The molecular weight excluding hydrogens is 414 g/mol. The lowest BCUT2D eigenvalue weighted by Crippen LogP contribution is -2.50. The molecule has 2 aliphatic rings. The molecule has 0 spiro atoms. The number of thioether (sulfide) groups is 1. The average molecular weight is 434 g/mol. The highest BCUT2D eigenvalue weighted by molar-refractivity contribution is 8.26. The molecule has 146 valence electrons. The summed E-state index contributed by atoms with van der Waals surface area (Å²) in [5, 5.41) is 0.746. The molecule has 0 aliphatic carbocycles. The molecule has 2 aliphatic heterocycles. The Morgan fingerprint density at radius 2 is 2.00 bits per heavy atom. The van der Waals surface area contributed by atoms with Crippen LogP contribution in [-0.4, -0.2) is 52.9 Å². The maximum absolute atomic E-state index is 12.8. The molecule has 1 aromatic carbocycles. The summed E-state index contributed by atoms with van der Waals surface area (Å²) in [5.74, 6) is 1.44. The highest BCUT2D eigenvalue weighted by Crippen LogP contribution is 2.33. The Morgan fingerprint density at radius 1 is 1.21 bits per heavy atom. The zero-order valence-corrected chi connectivity index (χ0v) is 17.8. The van der Waals surface area contributed by atoms with E-state index in [2.05, 4.69) is 15.9 Å². The smallest absolute Gasteiger partial charge is 0.267 e. The molecule has 0 radical (unpaired) electrons. The first-order valence-corrected chi connectivity index (χ1v) is 10.6. The normalized spacial score (nSPS) is 19.9. The fourth-order valence-electron chi connectivity index (χ4n) is 3.30. The third kappa shape index (κ3) is 4.27. The first-order valence-electron chi connectivity index (χ1n) is 9.04. The Morgan fingerprint density at radius 3 is 2.68 bits per heavy atom. The van der Waals surface area contributed by atoms with Crippen LogP contribution in [0.5, 0.6) is 0 Å². The Labute approximate surface area is 178 Å². The van der Waals surface area contributed by atoms with Gasteiger partial charge in [-0.05, 0) is 37.3 Å². The number of hydrogen-bond donors (Lipinski definition) is 0. The lowest BCUT2D eigenvalue weighted by molar-refractivity contribution is -0.123. The van der Waals surface area contributed by atoms with E-state index in [0.29, 0.717) is 21.7 Å². The van der Waals surface area contributed by atoms with Crippen molar-refractivity contribution in [2.45, 2.75) is 6.92 Å². The maximum Gasteiger partial charge on any atom is 0.267 e. The molecule has 5 nitrogen and oxygen atoms in total. The van der Waals surface area contributed by atoms with E-state index in [4.69, 9.17) is 28.2 Å². The van der Waals surface area contributed by atoms with Crippen molar-refractivity contribution in [2.24, 2.45) is 0 Å². The maximum atomic E-state index is 12.8. The van der Waals surface area contributed by atoms with E-state index in [1.165, 1.54) is 11.8 Å². The van der Waals surface area contributed by atoms with Crippen LogP contribution in [0.25, 0.3) is 6.08 Å². The fourth-order valence-corrected chi connectivity index (χ4v) is 4.71. The predicted octanol–water partition coefficient (Wildman–Crippen LogP) is 4.22. The van der Waals surface area contributed by atoms with E-state index in [1.807, 2.05) is 37.3 Å². The highest BCUT2D eigenvalue weighted by atomic mass is 35.5. The molecule has 3 heterocycles. The Balaban J connectivity index is 1.36. The molecule has 0 saturated carbocycles. The molecule has 1 aromatic heterocycles. The van der Waals surface area contributed by atoms with Gasteiger partial charge in [-0.25, -0.2) is 0 Å². The standard InChI is InChI=1S/C20H20ClN3O2S2/c1-14-5-6-17(26-14)12-18-19(25)24(20(27)28-18)13-22-7-9-23(10-8-22)16-4-2-3-15(21)11-16/h2-6,11-12H,7-10,13H2,1H3/b18-12+. The van der Waals surface area contributed by atoms with Gasteiger partial charge in [0.25, 0.3) is 5.91 Å². The number of amides is 1. The zero-order chi connectivity index (χ0) is 19.7. The predicted molar refractivity (Wildman–Crippen MR) is 119 cm³/mol. The summed E-state index contributed by atoms with van der Waals surface area (Å²) in [4.78, 5) is 19.6. The minimum atomic E-state index is -0.0543. The number of thiocarbonyl (C=S) groups is 1. The van der Waals surface area contributed by atoms with Crippen LogP contribution in [-0.2, 0) is 4.79 Å². The van der Waals surface area contributed by atoms with Gasteiger partial charge in [-0.1, -0.05) is 41.6 Å². The lowest BCUT2D eigenvalue weighted by Gasteiger charge is -2.37. The third-order valence-electron chi connectivity index (χ3n) is 4.80. The molecule has 0 unspecified atom stereocenters. The number of aryl methyl sites for hydroxylation is 1. The van der Waals surface area contributed by atoms with Crippen LogP contribution in [0.2, 0.25) is 5.02 Å². The number of benzene rings is 1. The van der Waals surface area contributed by atoms with Crippen LogP contribution >= 0.6 is 35.6 Å². The quantitative estimate of drug-likeness (QED) is 0.531. The van der Waals surface area contributed by atoms with Crippen LogP contribution in [0.1, 0.15) is 11.5 Å². The molecule has 1 amide bonds. The highest BCUT2D eigenvalue weighted by Gasteiger charge is 2.34. The van der Waals surface area contributed by atoms with Crippen molar-refractivity contribution in [1.29, 1.82) is 0 Å². The Kier molecular flexibility index (Phi) is 5.78. The molecule has 8 heteroatoms. The van der Waals surface area contributed by atoms with Gasteiger partial charge in [0.2, 0.25) is 0 Å². The number of furan rings is 1. The summed E-state index contributed by atoms with van der Waals surface area (Å²) in [6.07, 6.45) is 1.77. The van der Waals surface area contributed by atoms with Crippen LogP contribution in [0, 0.1) is 6.92 Å². The number of hydrogen-bond acceptors (Lipinski definition) is 6. The van der Waals surface area contributed by atoms with Crippen LogP contribution in [0.3, 0.4) is 0 Å². The molecule has 2 aromatic rings. The van der Waals surface area contributed by atoms with Crippen molar-refractivity contribution in [3.05, 3.63) is 57.8 Å². The zero-order valence-electron chi connectivity index (χ0n) is 15.4. The lowest BCUT2D eigenvalue weighted by atomic mass is 10.2. The number of carbonyl (C=O) groups excluding carboxylic acids is 1. The van der Waals surface area contributed by atoms with Gasteiger partial charge >= 0.3 is 0 Å². The van der Waals surface area contributed by atoms with Gasteiger partial charge in [-0.2, -0.15) is 0 Å². The van der Waals surface area contributed by atoms with Crippen molar-refractivity contribution in [3.63, 3.8) is 0 Å².